The molecule has 0 saturated carbocycles. The number of aliphatic hydroxyl groups is 1. The van der Waals surface area contributed by atoms with Crippen LogP contribution in [-0.4, -0.2) is 34.3 Å². The lowest BCUT2D eigenvalue weighted by Crippen LogP contribution is -2.19. The number of aromatic nitrogens is 2. The molecular formula is C20H21BrN4O2. The second-order valence-electron chi connectivity index (χ2n) is 6.69. The Kier molecular flexibility index (Phi) is 5.24. The summed E-state index contributed by atoms with van der Waals surface area (Å²) in [5.74, 6) is 1.29. The van der Waals surface area contributed by atoms with Crippen LogP contribution >= 0.6 is 15.9 Å². The highest BCUT2D eigenvalue weighted by Gasteiger charge is 2.18. The van der Waals surface area contributed by atoms with Crippen molar-refractivity contribution in [1.82, 2.24) is 15.3 Å². The van der Waals surface area contributed by atoms with Crippen LogP contribution in [0.4, 0.5) is 11.6 Å². The van der Waals surface area contributed by atoms with Crippen molar-refractivity contribution in [3.05, 3.63) is 52.6 Å². The molecule has 0 bridgehead atoms. The third-order valence-corrected chi connectivity index (χ3v) is 5.19. The SMILES string of the molecule is CC(O)c1cccc(Nc2ncc3cc(Br)c(O[C@@H]4CCNC4)cc3n2)c1. The fourth-order valence-corrected chi connectivity index (χ4v) is 3.55. The molecule has 2 atom stereocenters. The van der Waals surface area contributed by atoms with Gasteiger partial charge in [-0.2, -0.15) is 0 Å². The first kappa shape index (κ1) is 18.2. The van der Waals surface area contributed by atoms with Crippen LogP contribution in [0.15, 0.2) is 47.1 Å². The first-order chi connectivity index (χ1) is 13.1. The largest absolute Gasteiger partial charge is 0.488 e. The maximum Gasteiger partial charge on any atom is 0.227 e. The Labute approximate surface area is 166 Å². The summed E-state index contributed by atoms with van der Waals surface area (Å²) in [4.78, 5) is 9.01. The molecule has 1 unspecified atom stereocenters. The fraction of sp³-hybridized carbons (Fsp3) is 0.300. The number of anilines is 2. The Bertz CT molecular complexity index is 958. The summed E-state index contributed by atoms with van der Waals surface area (Å²) in [6.07, 6.45) is 2.45. The van der Waals surface area contributed by atoms with Crippen LogP contribution < -0.4 is 15.4 Å². The van der Waals surface area contributed by atoms with Crippen molar-refractivity contribution in [2.24, 2.45) is 0 Å². The summed E-state index contributed by atoms with van der Waals surface area (Å²) in [6, 6.07) is 11.5. The van der Waals surface area contributed by atoms with E-state index >= 15 is 0 Å². The molecule has 6 nitrogen and oxygen atoms in total. The van der Waals surface area contributed by atoms with Gasteiger partial charge in [-0.1, -0.05) is 12.1 Å². The molecule has 4 rings (SSSR count). The third kappa shape index (κ3) is 4.21. The van der Waals surface area contributed by atoms with Gasteiger partial charge in [-0.15, -0.1) is 0 Å². The number of fused-ring (bicyclic) bond motifs is 1. The summed E-state index contributed by atoms with van der Waals surface area (Å²) < 4.78 is 7.00. The topological polar surface area (TPSA) is 79.3 Å². The van der Waals surface area contributed by atoms with Gasteiger partial charge in [0.25, 0.3) is 0 Å². The van der Waals surface area contributed by atoms with Crippen LogP contribution in [0.5, 0.6) is 5.75 Å². The van der Waals surface area contributed by atoms with E-state index in [2.05, 4.69) is 36.5 Å². The van der Waals surface area contributed by atoms with Gasteiger partial charge in [-0.3, -0.25) is 0 Å². The number of rotatable bonds is 5. The van der Waals surface area contributed by atoms with E-state index in [-0.39, 0.29) is 6.10 Å². The second-order valence-corrected chi connectivity index (χ2v) is 7.55. The Morgan fingerprint density at radius 1 is 1.33 bits per heavy atom. The molecule has 0 aliphatic carbocycles. The van der Waals surface area contributed by atoms with Gasteiger partial charge < -0.3 is 20.5 Å². The van der Waals surface area contributed by atoms with Gasteiger partial charge >= 0.3 is 0 Å². The molecule has 1 fully saturated rings. The molecular weight excluding hydrogens is 408 g/mol. The van der Waals surface area contributed by atoms with E-state index in [1.165, 1.54) is 0 Å². The molecule has 0 spiro atoms. The molecule has 1 saturated heterocycles. The zero-order valence-corrected chi connectivity index (χ0v) is 16.5. The number of ether oxygens (including phenoxy) is 1. The molecule has 1 aliphatic rings. The van der Waals surface area contributed by atoms with Crippen molar-refractivity contribution in [2.45, 2.75) is 25.6 Å². The minimum absolute atomic E-state index is 0.182. The molecule has 1 aromatic heterocycles. The van der Waals surface area contributed by atoms with Gasteiger partial charge in [0.2, 0.25) is 5.95 Å². The monoisotopic (exact) mass is 428 g/mol. The first-order valence-corrected chi connectivity index (χ1v) is 9.76. The summed E-state index contributed by atoms with van der Waals surface area (Å²) in [6.45, 7) is 3.59. The molecule has 0 amide bonds. The average Bonchev–Trinajstić information content (AvgIpc) is 3.16. The van der Waals surface area contributed by atoms with Gasteiger partial charge in [0, 0.05) is 29.9 Å². The highest BCUT2D eigenvalue weighted by atomic mass is 79.9. The maximum atomic E-state index is 9.75. The van der Waals surface area contributed by atoms with Crippen molar-refractivity contribution in [1.29, 1.82) is 0 Å². The van der Waals surface area contributed by atoms with Gasteiger partial charge in [-0.25, -0.2) is 9.97 Å². The van der Waals surface area contributed by atoms with Crippen LogP contribution in [0, 0.1) is 0 Å². The minimum Gasteiger partial charge on any atom is -0.488 e. The fourth-order valence-electron chi connectivity index (χ4n) is 3.10. The number of halogens is 1. The lowest BCUT2D eigenvalue weighted by atomic mass is 10.1. The van der Waals surface area contributed by atoms with E-state index in [1.54, 1.807) is 13.1 Å². The zero-order chi connectivity index (χ0) is 18.8. The van der Waals surface area contributed by atoms with E-state index in [4.69, 9.17) is 4.74 Å². The molecule has 3 aromatic rings. The maximum absolute atomic E-state index is 9.75. The Morgan fingerprint density at radius 2 is 2.22 bits per heavy atom. The van der Waals surface area contributed by atoms with Crippen molar-refractivity contribution >= 4 is 38.5 Å². The van der Waals surface area contributed by atoms with Crippen LogP contribution in [0.25, 0.3) is 10.9 Å². The number of aliphatic hydroxyl groups excluding tert-OH is 1. The minimum atomic E-state index is -0.522. The number of nitrogens with zero attached hydrogens (tertiary/aromatic N) is 2. The van der Waals surface area contributed by atoms with Gasteiger partial charge in [0.05, 0.1) is 16.1 Å². The van der Waals surface area contributed by atoms with Gasteiger partial charge in [0.1, 0.15) is 11.9 Å². The smallest absolute Gasteiger partial charge is 0.227 e. The number of benzene rings is 2. The molecule has 27 heavy (non-hydrogen) atoms. The zero-order valence-electron chi connectivity index (χ0n) is 14.9. The molecule has 2 aromatic carbocycles. The van der Waals surface area contributed by atoms with E-state index in [0.717, 1.165) is 51.9 Å². The van der Waals surface area contributed by atoms with Crippen LogP contribution in [-0.2, 0) is 0 Å². The summed E-state index contributed by atoms with van der Waals surface area (Å²) >= 11 is 3.58. The van der Waals surface area contributed by atoms with Crippen molar-refractivity contribution in [2.75, 3.05) is 18.4 Å². The van der Waals surface area contributed by atoms with Crippen LogP contribution in [0.1, 0.15) is 25.0 Å². The van der Waals surface area contributed by atoms with E-state index in [1.807, 2.05) is 36.4 Å². The van der Waals surface area contributed by atoms with E-state index < -0.39 is 6.10 Å². The molecule has 7 heteroatoms. The molecule has 2 heterocycles. The van der Waals surface area contributed by atoms with Crippen molar-refractivity contribution in [3.63, 3.8) is 0 Å². The quantitative estimate of drug-likeness (QED) is 0.571. The second kappa shape index (κ2) is 7.80. The summed E-state index contributed by atoms with van der Waals surface area (Å²) in [5.41, 5.74) is 2.48. The molecule has 3 N–H and O–H groups in total. The Morgan fingerprint density at radius 3 is 3.00 bits per heavy atom. The van der Waals surface area contributed by atoms with E-state index in [9.17, 15) is 5.11 Å². The Balaban J connectivity index is 1.60. The van der Waals surface area contributed by atoms with Crippen LogP contribution in [0.3, 0.4) is 0 Å². The van der Waals surface area contributed by atoms with Gasteiger partial charge in [-0.05, 0) is 59.6 Å². The standard InChI is InChI=1S/C20H21BrN4O2/c1-12(26)13-3-2-4-15(7-13)24-20-23-10-14-8-17(21)19(9-18(14)25-20)27-16-5-6-22-11-16/h2-4,7-10,12,16,22,26H,5-6,11H2,1H3,(H,23,24,25)/t12?,16-/m1/s1. The number of hydrogen-bond acceptors (Lipinski definition) is 6. The number of nitrogens with one attached hydrogen (secondary N) is 2. The van der Waals surface area contributed by atoms with Crippen LogP contribution in [0.2, 0.25) is 0 Å². The lowest BCUT2D eigenvalue weighted by molar-refractivity contribution is 0.199. The Hall–Kier alpha value is -2.22. The average molecular weight is 429 g/mol. The summed E-state index contributed by atoms with van der Waals surface area (Å²) in [5, 5.41) is 17.2. The normalized spacial score (nSPS) is 17.8. The highest BCUT2D eigenvalue weighted by molar-refractivity contribution is 9.10. The molecule has 1 aliphatic heterocycles. The molecule has 140 valence electrons. The van der Waals surface area contributed by atoms with Gasteiger partial charge in [0.15, 0.2) is 0 Å². The van der Waals surface area contributed by atoms with E-state index in [0.29, 0.717) is 5.95 Å². The summed E-state index contributed by atoms with van der Waals surface area (Å²) in [7, 11) is 0. The van der Waals surface area contributed by atoms with Crippen molar-refractivity contribution in [3.8, 4) is 5.75 Å². The lowest BCUT2D eigenvalue weighted by Gasteiger charge is -2.15. The third-order valence-electron chi connectivity index (χ3n) is 4.57. The van der Waals surface area contributed by atoms with Crippen molar-refractivity contribution < 1.29 is 9.84 Å². The first-order valence-electron chi connectivity index (χ1n) is 8.97. The predicted molar refractivity (Wildman–Crippen MR) is 109 cm³/mol. The highest BCUT2D eigenvalue weighted by Crippen LogP contribution is 2.31. The number of hydrogen-bond donors (Lipinski definition) is 3. The molecule has 0 radical (unpaired) electrons. The predicted octanol–water partition coefficient (Wildman–Crippen LogP) is 3.93.